The van der Waals surface area contributed by atoms with E-state index in [1.54, 1.807) is 23.6 Å². The van der Waals surface area contributed by atoms with E-state index >= 15 is 4.39 Å². The summed E-state index contributed by atoms with van der Waals surface area (Å²) in [5.41, 5.74) is 3.47. The second kappa shape index (κ2) is 16.6. The highest BCUT2D eigenvalue weighted by molar-refractivity contribution is 5.83. The minimum atomic E-state index is -1.33. The summed E-state index contributed by atoms with van der Waals surface area (Å²) in [6.45, 7) is -0.0374. The van der Waals surface area contributed by atoms with Crippen LogP contribution in [0.15, 0.2) is 188 Å². The van der Waals surface area contributed by atoms with Gasteiger partial charge >= 0.3 is 6.08 Å². The Labute approximate surface area is 348 Å². The molecule has 1 N–H and O–H groups in total. The maximum atomic E-state index is 15.1. The predicted octanol–water partition coefficient (Wildman–Crippen LogP) is 8.68. The highest BCUT2D eigenvalue weighted by Gasteiger charge is 2.52. The van der Waals surface area contributed by atoms with Gasteiger partial charge in [-0.2, -0.15) is 14.4 Å². The van der Waals surface area contributed by atoms with E-state index in [1.807, 2.05) is 146 Å². The third-order valence-electron chi connectivity index (χ3n) is 11.2. The number of aliphatic hydroxyl groups is 1. The Morgan fingerprint density at radius 2 is 1.02 bits per heavy atom. The van der Waals surface area contributed by atoms with Crippen LogP contribution in [0, 0.1) is 6.08 Å². The number of halogens is 1. The van der Waals surface area contributed by atoms with Crippen LogP contribution >= 0.6 is 0 Å². The first-order valence-corrected chi connectivity index (χ1v) is 20.0. The molecule has 0 spiro atoms. The first kappa shape index (κ1) is 38.9. The lowest BCUT2D eigenvalue weighted by molar-refractivity contribution is -0.131. The zero-order valence-electron chi connectivity index (χ0n) is 33.2. The van der Waals surface area contributed by atoms with Gasteiger partial charge in [-0.15, -0.1) is 0 Å². The van der Waals surface area contributed by atoms with Crippen molar-refractivity contribution < 1.29 is 23.7 Å². The van der Waals surface area contributed by atoms with Gasteiger partial charge in [0.1, 0.15) is 29.5 Å². The molecule has 2 aromatic heterocycles. The zero-order chi connectivity index (χ0) is 41.1. The van der Waals surface area contributed by atoms with Crippen molar-refractivity contribution in [1.82, 2.24) is 19.5 Å². The molecule has 300 valence electrons. The highest BCUT2D eigenvalue weighted by atomic mass is 19.1. The zero-order valence-corrected chi connectivity index (χ0v) is 33.2. The number of anilines is 1. The maximum absolute atomic E-state index is 15.1. The Kier molecular flexibility index (Phi) is 10.8. The standard InChI is InChI=1S/C50H44FN5O4/c1-55(2)45-42-46(54-48(51)53-45)56(34-52-42)47-43(57)44(60-50(38-27-15-6-16-28-38,39-29-17-7-18-30-39)40-31-19-8-20-32-40)41(59-47)33-58-49(35-21-9-3-10-22-35,36-23-11-4-12-24-36)37-25-13-5-14-26-37/h3-32,34,41,43-44,47,57H,33H2,1-2H3/t41-,43-,44-,47-/m1/s1. The fraction of sp³-hybridized carbons (Fsp3) is 0.180. The summed E-state index contributed by atoms with van der Waals surface area (Å²) in [4.78, 5) is 14.4. The van der Waals surface area contributed by atoms with Crippen LogP contribution in [0.25, 0.3) is 11.2 Å². The third kappa shape index (κ3) is 6.93. The van der Waals surface area contributed by atoms with E-state index in [-0.39, 0.29) is 12.3 Å². The van der Waals surface area contributed by atoms with Gasteiger partial charge in [0.25, 0.3) is 0 Å². The predicted molar refractivity (Wildman–Crippen MR) is 229 cm³/mol. The van der Waals surface area contributed by atoms with Crippen molar-refractivity contribution >= 4 is 17.0 Å². The molecule has 0 amide bonds. The number of hydrogen-bond acceptors (Lipinski definition) is 8. The van der Waals surface area contributed by atoms with Crippen molar-refractivity contribution in [2.45, 2.75) is 35.7 Å². The molecule has 9 nitrogen and oxygen atoms in total. The van der Waals surface area contributed by atoms with E-state index < -0.39 is 41.8 Å². The van der Waals surface area contributed by atoms with Crippen LogP contribution in [0.1, 0.15) is 39.6 Å². The van der Waals surface area contributed by atoms with Gasteiger partial charge in [0.05, 0.1) is 12.9 Å². The van der Waals surface area contributed by atoms with Crippen molar-refractivity contribution in [2.24, 2.45) is 0 Å². The summed E-state index contributed by atoms with van der Waals surface area (Å²) >= 11 is 0. The van der Waals surface area contributed by atoms with Crippen LogP contribution in [0.4, 0.5) is 10.2 Å². The minimum absolute atomic E-state index is 0.0374. The summed E-state index contributed by atoms with van der Waals surface area (Å²) < 4.78 is 38.6. The summed E-state index contributed by atoms with van der Waals surface area (Å²) in [5.74, 6) is 0.297. The van der Waals surface area contributed by atoms with Gasteiger partial charge in [0, 0.05) is 14.1 Å². The van der Waals surface area contributed by atoms with Crippen molar-refractivity contribution in [3.63, 3.8) is 0 Å². The molecule has 1 fully saturated rings. The number of aliphatic hydroxyl groups excluding tert-OH is 1. The van der Waals surface area contributed by atoms with Gasteiger partial charge in [-0.25, -0.2) is 4.98 Å². The molecule has 6 aromatic carbocycles. The van der Waals surface area contributed by atoms with Gasteiger partial charge < -0.3 is 24.2 Å². The first-order chi connectivity index (χ1) is 29.4. The molecule has 9 rings (SSSR count). The average molecular weight is 798 g/mol. The van der Waals surface area contributed by atoms with Crippen LogP contribution < -0.4 is 4.90 Å². The molecular formula is C50H44FN5O4. The molecule has 4 atom stereocenters. The molecule has 10 heteroatoms. The lowest BCUT2D eigenvalue weighted by Gasteiger charge is -2.41. The number of imidazole rings is 1. The van der Waals surface area contributed by atoms with E-state index in [0.29, 0.717) is 11.3 Å². The number of nitrogens with zero attached hydrogens (tertiary/aromatic N) is 5. The summed E-state index contributed by atoms with van der Waals surface area (Å²) in [6, 6.07) is 60.2. The SMILES string of the molecule is CN(C)c1nc(F)nc2c1ncn2[C@@H]1O[C@H](COC(c2ccccc2)(c2ccccc2)c2ccccc2)[C@@H](OC(c2ccccc2)(c2ccccc2)c2ccccc2)[C@H]1O. The van der Waals surface area contributed by atoms with E-state index in [0.717, 1.165) is 33.4 Å². The quantitative estimate of drug-likeness (QED) is 0.0916. The Balaban J connectivity index is 1.22. The number of benzene rings is 6. The number of fused-ring (bicyclic) bond motifs is 1. The molecule has 0 bridgehead atoms. The second-order valence-electron chi connectivity index (χ2n) is 15.0. The molecule has 0 unspecified atom stereocenters. The number of aromatic nitrogens is 4. The monoisotopic (exact) mass is 797 g/mol. The van der Waals surface area contributed by atoms with Crippen molar-refractivity contribution in [3.8, 4) is 0 Å². The highest BCUT2D eigenvalue weighted by Crippen LogP contribution is 2.47. The molecule has 1 saturated heterocycles. The van der Waals surface area contributed by atoms with Crippen LogP contribution in [0.3, 0.4) is 0 Å². The van der Waals surface area contributed by atoms with Crippen LogP contribution in [-0.4, -0.2) is 63.6 Å². The summed E-state index contributed by atoms with van der Waals surface area (Å²) in [5, 5.41) is 12.8. The van der Waals surface area contributed by atoms with E-state index in [9.17, 15) is 5.11 Å². The minimum Gasteiger partial charge on any atom is -0.386 e. The molecule has 0 aliphatic carbocycles. The van der Waals surface area contributed by atoms with Crippen molar-refractivity contribution in [3.05, 3.63) is 228 Å². The van der Waals surface area contributed by atoms with E-state index in [4.69, 9.17) is 14.2 Å². The molecule has 1 aliphatic heterocycles. The molecule has 0 radical (unpaired) electrons. The van der Waals surface area contributed by atoms with E-state index in [1.165, 1.54) is 6.33 Å². The number of rotatable bonds is 13. The summed E-state index contributed by atoms with van der Waals surface area (Å²) in [7, 11) is 3.51. The molecular weight excluding hydrogens is 754 g/mol. The van der Waals surface area contributed by atoms with Gasteiger partial charge in [-0.05, 0) is 33.4 Å². The van der Waals surface area contributed by atoms with Gasteiger partial charge in [0.15, 0.2) is 23.2 Å². The molecule has 0 saturated carbocycles. The number of ether oxygens (including phenoxy) is 3. The fourth-order valence-corrected chi connectivity index (χ4v) is 8.51. The van der Waals surface area contributed by atoms with E-state index in [2.05, 4.69) is 51.4 Å². The normalized spacial score (nSPS) is 18.1. The van der Waals surface area contributed by atoms with Crippen molar-refractivity contribution in [1.29, 1.82) is 0 Å². The maximum Gasteiger partial charge on any atom is 0.312 e. The molecule has 3 heterocycles. The lowest BCUT2D eigenvalue weighted by Crippen LogP contribution is -2.46. The largest absolute Gasteiger partial charge is 0.386 e. The summed E-state index contributed by atoms with van der Waals surface area (Å²) in [6.07, 6.45) is -3.80. The smallest absolute Gasteiger partial charge is 0.312 e. The van der Waals surface area contributed by atoms with Crippen LogP contribution in [0.2, 0.25) is 0 Å². The van der Waals surface area contributed by atoms with Crippen molar-refractivity contribution in [2.75, 3.05) is 25.6 Å². The topological polar surface area (TPSA) is 94.8 Å². The molecule has 1 aliphatic rings. The first-order valence-electron chi connectivity index (χ1n) is 20.0. The lowest BCUT2D eigenvalue weighted by atomic mass is 9.79. The van der Waals surface area contributed by atoms with Crippen LogP contribution in [-0.2, 0) is 25.4 Å². The second-order valence-corrected chi connectivity index (χ2v) is 15.0. The fourth-order valence-electron chi connectivity index (χ4n) is 8.51. The Morgan fingerprint density at radius 1 is 0.617 bits per heavy atom. The van der Waals surface area contributed by atoms with Gasteiger partial charge in [-0.3, -0.25) is 4.57 Å². The molecule has 8 aromatic rings. The Hall–Kier alpha value is -6.56. The van der Waals surface area contributed by atoms with Gasteiger partial charge in [0.2, 0.25) is 0 Å². The third-order valence-corrected chi connectivity index (χ3v) is 11.2. The Bertz CT molecular complexity index is 2440. The molecule has 60 heavy (non-hydrogen) atoms. The van der Waals surface area contributed by atoms with Crippen LogP contribution in [0.5, 0.6) is 0 Å². The Morgan fingerprint density at radius 3 is 1.42 bits per heavy atom. The average Bonchev–Trinajstić information content (AvgIpc) is 3.86. The van der Waals surface area contributed by atoms with Gasteiger partial charge in [-0.1, -0.05) is 182 Å². The number of hydrogen-bond donors (Lipinski definition) is 1.